The predicted octanol–water partition coefficient (Wildman–Crippen LogP) is 3.33. The lowest BCUT2D eigenvalue weighted by molar-refractivity contribution is 0.102. The van der Waals surface area contributed by atoms with Crippen LogP contribution >= 0.6 is 0 Å². The van der Waals surface area contributed by atoms with Crippen LogP contribution < -0.4 is 10.9 Å². The minimum Gasteiger partial charge on any atom is -0.322 e. The first-order chi connectivity index (χ1) is 13.1. The van der Waals surface area contributed by atoms with Gasteiger partial charge in [0.1, 0.15) is 5.82 Å². The third-order valence-electron chi connectivity index (χ3n) is 4.31. The summed E-state index contributed by atoms with van der Waals surface area (Å²) in [6.07, 6.45) is 0. The van der Waals surface area contributed by atoms with Gasteiger partial charge in [0.2, 0.25) is 5.56 Å². The fourth-order valence-corrected chi connectivity index (χ4v) is 3.10. The van der Waals surface area contributed by atoms with E-state index in [9.17, 15) is 9.59 Å². The lowest BCUT2D eigenvalue weighted by Gasteiger charge is -2.10. The van der Waals surface area contributed by atoms with Gasteiger partial charge in [0.05, 0.1) is 17.8 Å². The minimum atomic E-state index is -0.341. The fourth-order valence-electron chi connectivity index (χ4n) is 3.10. The topological polar surface area (TPSA) is 79.8 Å². The molecule has 2 N–H and O–H groups in total. The van der Waals surface area contributed by atoms with Crippen LogP contribution in [-0.2, 0) is 6.54 Å². The van der Waals surface area contributed by atoms with Gasteiger partial charge in [-0.2, -0.15) is 5.10 Å². The number of aryl methyl sites for hydroxylation is 1. The first-order valence-electron chi connectivity index (χ1n) is 8.62. The van der Waals surface area contributed by atoms with Gasteiger partial charge in [0, 0.05) is 23.0 Å². The van der Waals surface area contributed by atoms with Crippen LogP contribution in [-0.4, -0.2) is 20.7 Å². The fraction of sp³-hybridized carbons (Fsp3) is 0.0952. The van der Waals surface area contributed by atoms with Crippen molar-refractivity contribution in [2.45, 2.75) is 13.5 Å². The summed E-state index contributed by atoms with van der Waals surface area (Å²) in [6.45, 7) is 2.42. The molecule has 4 rings (SSSR count). The molecule has 0 aliphatic heterocycles. The van der Waals surface area contributed by atoms with E-state index in [-0.39, 0.29) is 11.5 Å². The van der Waals surface area contributed by atoms with Crippen LogP contribution in [0.1, 0.15) is 21.6 Å². The molecule has 4 aromatic rings. The summed E-state index contributed by atoms with van der Waals surface area (Å²) in [5.41, 5.74) is 2.53. The molecule has 27 heavy (non-hydrogen) atoms. The van der Waals surface area contributed by atoms with Crippen molar-refractivity contribution in [1.82, 2.24) is 14.8 Å². The highest BCUT2D eigenvalue weighted by Gasteiger charge is 2.15. The van der Waals surface area contributed by atoms with Crippen LogP contribution in [0.25, 0.3) is 10.9 Å². The number of para-hydroxylation sites is 1. The first-order valence-corrected chi connectivity index (χ1v) is 8.62. The molecular weight excluding hydrogens is 340 g/mol. The molecular formula is C21H18N4O2. The average molecular weight is 358 g/mol. The number of benzene rings is 2. The Hall–Kier alpha value is -3.67. The van der Waals surface area contributed by atoms with Gasteiger partial charge < -0.3 is 10.3 Å². The van der Waals surface area contributed by atoms with Gasteiger partial charge in [0.15, 0.2) is 0 Å². The molecule has 0 aliphatic rings. The predicted molar refractivity (Wildman–Crippen MR) is 105 cm³/mol. The molecule has 0 bridgehead atoms. The summed E-state index contributed by atoms with van der Waals surface area (Å²) >= 11 is 0. The average Bonchev–Trinajstić information content (AvgIpc) is 3.00. The van der Waals surface area contributed by atoms with Crippen molar-refractivity contribution in [2.24, 2.45) is 0 Å². The summed E-state index contributed by atoms with van der Waals surface area (Å²) in [5.74, 6) is 0.247. The Morgan fingerprint density at radius 3 is 2.63 bits per heavy atom. The van der Waals surface area contributed by atoms with E-state index in [2.05, 4.69) is 15.4 Å². The van der Waals surface area contributed by atoms with Crippen molar-refractivity contribution in [3.63, 3.8) is 0 Å². The van der Waals surface area contributed by atoms with E-state index in [1.807, 2.05) is 61.5 Å². The molecule has 0 unspecified atom stereocenters. The Morgan fingerprint density at radius 2 is 1.81 bits per heavy atom. The zero-order chi connectivity index (χ0) is 18.8. The molecule has 2 aromatic carbocycles. The highest BCUT2D eigenvalue weighted by atomic mass is 16.2. The zero-order valence-electron chi connectivity index (χ0n) is 14.8. The van der Waals surface area contributed by atoms with E-state index in [4.69, 9.17) is 0 Å². The maximum Gasteiger partial charge on any atom is 0.257 e. The van der Waals surface area contributed by atoms with Crippen LogP contribution in [0.2, 0.25) is 0 Å². The van der Waals surface area contributed by atoms with Crippen LogP contribution in [0.15, 0.2) is 71.5 Å². The standard InChI is InChI=1S/C21H18N4O2/c1-14-11-19(25(24-14)13-15-7-3-2-4-8-15)23-21(27)17-12-20(26)22-18-10-6-5-9-16(17)18/h2-12H,13H2,1H3,(H,22,26)(H,23,27). The minimum absolute atomic E-state index is 0.312. The highest BCUT2D eigenvalue weighted by molar-refractivity contribution is 6.12. The number of hydrogen-bond acceptors (Lipinski definition) is 3. The maximum absolute atomic E-state index is 12.9. The van der Waals surface area contributed by atoms with Gasteiger partial charge in [-0.05, 0) is 18.6 Å². The number of carbonyl (C=O) groups excluding carboxylic acids is 1. The Balaban J connectivity index is 1.67. The number of pyridine rings is 1. The molecule has 2 aromatic heterocycles. The quantitative estimate of drug-likeness (QED) is 0.587. The van der Waals surface area contributed by atoms with Crippen molar-refractivity contribution >= 4 is 22.6 Å². The van der Waals surface area contributed by atoms with Crippen LogP contribution in [0, 0.1) is 6.92 Å². The number of aromatic amines is 1. The van der Waals surface area contributed by atoms with Crippen molar-refractivity contribution < 1.29 is 4.79 Å². The molecule has 6 heteroatoms. The van der Waals surface area contributed by atoms with E-state index in [0.717, 1.165) is 11.3 Å². The Bertz CT molecular complexity index is 1180. The number of rotatable bonds is 4. The number of carbonyl (C=O) groups is 1. The number of amides is 1. The summed E-state index contributed by atoms with van der Waals surface area (Å²) < 4.78 is 1.75. The van der Waals surface area contributed by atoms with E-state index < -0.39 is 0 Å². The van der Waals surface area contributed by atoms with Crippen LogP contribution in [0.4, 0.5) is 5.82 Å². The lowest BCUT2D eigenvalue weighted by atomic mass is 10.1. The molecule has 6 nitrogen and oxygen atoms in total. The SMILES string of the molecule is Cc1cc(NC(=O)c2cc(=O)[nH]c3ccccc23)n(Cc2ccccc2)n1. The second-order valence-corrected chi connectivity index (χ2v) is 6.36. The van der Waals surface area contributed by atoms with E-state index in [1.54, 1.807) is 10.7 Å². The molecule has 2 heterocycles. The van der Waals surface area contributed by atoms with Crippen molar-refractivity contribution in [1.29, 1.82) is 0 Å². The molecule has 0 spiro atoms. The third kappa shape index (κ3) is 3.50. The molecule has 0 saturated carbocycles. The largest absolute Gasteiger partial charge is 0.322 e. The smallest absolute Gasteiger partial charge is 0.257 e. The summed E-state index contributed by atoms with van der Waals surface area (Å²) in [5, 5.41) is 8.06. The number of anilines is 1. The summed E-state index contributed by atoms with van der Waals surface area (Å²) in [4.78, 5) is 27.6. The van der Waals surface area contributed by atoms with E-state index >= 15 is 0 Å². The molecule has 0 fully saturated rings. The molecule has 1 amide bonds. The molecule has 0 saturated heterocycles. The monoisotopic (exact) mass is 358 g/mol. The number of nitrogens with one attached hydrogen (secondary N) is 2. The van der Waals surface area contributed by atoms with Crippen molar-refractivity contribution in [3.05, 3.63) is 93.9 Å². The molecule has 0 aliphatic carbocycles. The second kappa shape index (κ2) is 6.92. The van der Waals surface area contributed by atoms with Gasteiger partial charge in [-0.3, -0.25) is 9.59 Å². The third-order valence-corrected chi connectivity index (χ3v) is 4.31. The number of hydrogen-bond donors (Lipinski definition) is 2. The molecule has 0 radical (unpaired) electrons. The molecule has 0 atom stereocenters. The number of H-pyrrole nitrogens is 1. The van der Waals surface area contributed by atoms with Crippen molar-refractivity contribution in [2.75, 3.05) is 5.32 Å². The van der Waals surface area contributed by atoms with Gasteiger partial charge in [-0.25, -0.2) is 4.68 Å². The normalized spacial score (nSPS) is 10.9. The Morgan fingerprint density at radius 1 is 1.07 bits per heavy atom. The number of fused-ring (bicyclic) bond motifs is 1. The zero-order valence-corrected chi connectivity index (χ0v) is 14.8. The lowest BCUT2D eigenvalue weighted by Crippen LogP contribution is -2.19. The first kappa shape index (κ1) is 16.8. The summed E-state index contributed by atoms with van der Waals surface area (Å²) in [7, 11) is 0. The second-order valence-electron chi connectivity index (χ2n) is 6.36. The Kier molecular flexibility index (Phi) is 4.30. The van der Waals surface area contributed by atoms with Crippen molar-refractivity contribution in [3.8, 4) is 0 Å². The maximum atomic E-state index is 12.9. The van der Waals surface area contributed by atoms with Gasteiger partial charge >= 0.3 is 0 Å². The number of nitrogens with zero attached hydrogens (tertiary/aromatic N) is 2. The van der Waals surface area contributed by atoms with Gasteiger partial charge in [-0.15, -0.1) is 0 Å². The number of aromatic nitrogens is 3. The summed E-state index contributed by atoms with van der Waals surface area (Å²) in [6, 6.07) is 20.3. The van der Waals surface area contributed by atoms with E-state index in [1.165, 1.54) is 6.07 Å². The van der Waals surface area contributed by atoms with Crippen LogP contribution in [0.5, 0.6) is 0 Å². The van der Waals surface area contributed by atoms with Gasteiger partial charge in [-0.1, -0.05) is 48.5 Å². The van der Waals surface area contributed by atoms with Crippen LogP contribution in [0.3, 0.4) is 0 Å². The molecule has 134 valence electrons. The highest BCUT2D eigenvalue weighted by Crippen LogP contribution is 2.18. The Labute approximate surface area is 155 Å². The van der Waals surface area contributed by atoms with E-state index in [0.29, 0.717) is 28.8 Å². The van der Waals surface area contributed by atoms with Gasteiger partial charge in [0.25, 0.3) is 5.91 Å².